The molecule has 1 aromatic heterocycles. The summed E-state index contributed by atoms with van der Waals surface area (Å²) in [5, 5.41) is 31.8. The minimum atomic E-state index is -5.97. The third kappa shape index (κ3) is 27.3. The molecule has 4 N–H and O–H groups in total. The van der Waals surface area contributed by atoms with E-state index in [4.69, 9.17) is 62.0 Å². The number of aromatic nitrogens is 1. The average Bonchev–Trinajstić information content (AvgIpc) is 1.05. The number of benzene rings is 6. The third-order valence-electron chi connectivity index (χ3n) is 25.1. The number of amides is 6. The van der Waals surface area contributed by atoms with Crippen molar-refractivity contribution in [1.82, 2.24) is 39.7 Å². The van der Waals surface area contributed by atoms with Crippen LogP contribution in [-0.2, 0) is 42.6 Å². The second-order valence-electron chi connectivity index (χ2n) is 37.4. The second kappa shape index (κ2) is 47.3. The molecule has 0 aliphatic carbocycles. The van der Waals surface area contributed by atoms with E-state index < -0.39 is 64.1 Å². The first kappa shape index (κ1) is 110. The number of carbonyl (C=O) groups is 6. The van der Waals surface area contributed by atoms with E-state index in [1.54, 1.807) is 85.2 Å². The summed E-state index contributed by atoms with van der Waals surface area (Å²) >= 11 is 0. The largest absolute Gasteiger partial charge is 0.534 e. The van der Waals surface area contributed by atoms with Crippen LogP contribution in [0.3, 0.4) is 0 Å². The summed E-state index contributed by atoms with van der Waals surface area (Å²) in [5.41, 5.74) is -0.898. The maximum absolute atomic E-state index is 13.1. The number of fused-ring (bicyclic) bond motifs is 3. The van der Waals surface area contributed by atoms with Crippen LogP contribution in [0.15, 0.2) is 164 Å². The number of hydrogen-bond acceptors (Lipinski definition) is 25. The maximum atomic E-state index is 13.1. The van der Waals surface area contributed by atoms with Gasteiger partial charge in [0.1, 0.15) is 73.8 Å². The molecule has 6 aromatic carbocycles. The summed E-state index contributed by atoms with van der Waals surface area (Å²) in [6.45, 7) is 43.0. The average molecular weight is 1960 g/mol. The molecule has 8 heterocycles. The molecule has 31 nitrogen and oxygen atoms in total. The molecule has 7 aliphatic rings. The van der Waals surface area contributed by atoms with E-state index in [9.17, 15) is 55.5 Å². The lowest BCUT2D eigenvalue weighted by Crippen LogP contribution is -2.50. The van der Waals surface area contributed by atoms with Gasteiger partial charge in [0, 0.05) is 166 Å². The van der Waals surface area contributed by atoms with Crippen LogP contribution in [0, 0.1) is 0 Å². The van der Waals surface area contributed by atoms with E-state index in [1.807, 2.05) is 199 Å². The summed E-state index contributed by atoms with van der Waals surface area (Å²) in [4.78, 5) is 89.3. The quantitative estimate of drug-likeness (QED) is 0.0189. The van der Waals surface area contributed by atoms with Crippen LogP contribution >= 0.6 is 0 Å². The van der Waals surface area contributed by atoms with Gasteiger partial charge in [-0.3, -0.25) is 24.2 Å². The highest BCUT2D eigenvalue weighted by Gasteiger charge is 2.54. The first-order valence-corrected chi connectivity index (χ1v) is 49.0. The van der Waals surface area contributed by atoms with Gasteiger partial charge in [-0.15, -0.1) is 0 Å². The van der Waals surface area contributed by atoms with Crippen molar-refractivity contribution in [2.45, 2.75) is 208 Å². The van der Waals surface area contributed by atoms with Crippen molar-refractivity contribution in [3.8, 4) is 34.5 Å². The minimum Gasteiger partial charge on any atom is -0.507 e. The predicted octanol–water partition coefficient (Wildman–Crippen LogP) is 15.3. The normalized spacial score (nSPS) is 16.6. The summed E-state index contributed by atoms with van der Waals surface area (Å²) < 4.78 is 131. The molecule has 3 spiro atoms. The van der Waals surface area contributed by atoms with Gasteiger partial charge in [-0.1, -0.05) is 60.7 Å². The number of likely N-dealkylation sites (tertiary alicyclic amines) is 2. The number of methoxy groups -OCH3 is 2. The van der Waals surface area contributed by atoms with Crippen molar-refractivity contribution in [2.75, 3.05) is 119 Å². The molecule has 14 rings (SSSR count). The zero-order valence-corrected chi connectivity index (χ0v) is 84.8. The van der Waals surface area contributed by atoms with Crippen LogP contribution in [0.4, 0.5) is 22.8 Å². The van der Waals surface area contributed by atoms with Crippen molar-refractivity contribution < 1.29 is 122 Å². The molecule has 6 amide bonds. The maximum Gasteiger partial charge on any atom is 0.534 e. The molecule has 0 unspecified atom stereocenters. The Hall–Kier alpha value is -11.7. The Morgan fingerprint density at radius 2 is 0.850 bits per heavy atom. The number of pyridine rings is 1. The second-order valence-corrected chi connectivity index (χ2v) is 39.0. The first-order chi connectivity index (χ1) is 66.1. The van der Waals surface area contributed by atoms with Gasteiger partial charge in [0.15, 0.2) is 19.3 Å². The van der Waals surface area contributed by atoms with Crippen molar-refractivity contribution in [3.05, 3.63) is 214 Å². The van der Waals surface area contributed by atoms with Crippen LogP contribution < -0.4 is 39.9 Å². The fourth-order valence-electron chi connectivity index (χ4n) is 16.6. The minimum absolute atomic E-state index is 0.0167. The molecule has 7 aromatic rings. The standard InChI is InChI=1S/C31H40N2O6.C24H28N2O3.C21H26F3NO8S.C16H25BN2O3.C11H16BNO3/c1-7-32(8-2)28(34)23-14-12-22(13-15-23)24-20-31(16-18-33(19-17-31)29(35)39-30(3,4)5)38-26-11-9-10-25(27(24)26)37-21-36-6;1-3-26(4-2)23(28)18-10-8-17(9-11-18)19-16-24(12-14-25-15-13-24)29-21-7-5-6-20(27)22(19)21;1-19(2,3)32-18(26)25-10-8-20(9-11-25)12-16(33-34(27,28)21(22,23)24)17-14(30-13-29-4)6-5-7-15(17)31-20;1-7-19(8-2)14(20)13-10-9-12(11-18-13)17-21-15(3,4)16(5,6)22-17;1-3-13(4-2)11(14)9-5-7-10(8-6-9)12(15)16/h9-15,20H,7-8,16-19,21H2,1-6H3;5-11,16,25,27H,3-4,12-15H2,1-2H3;5-7,12H,8-11,13H2,1-4H3;9-11H,7-8H2,1-6H3;5-8,15-16H,3-4H2,1-2H3. The Morgan fingerprint density at radius 3 is 1.23 bits per heavy atom. The summed E-state index contributed by atoms with van der Waals surface area (Å²) in [7, 11) is -4.98. The van der Waals surface area contributed by atoms with Crippen molar-refractivity contribution in [2.24, 2.45) is 0 Å². The highest BCUT2D eigenvalue weighted by molar-refractivity contribution is 7.87. The molecule has 7 aliphatic heterocycles. The molecular weight excluding hydrogens is 1830 g/mol. The lowest BCUT2D eigenvalue weighted by Gasteiger charge is -2.43. The third-order valence-corrected chi connectivity index (χ3v) is 26.1. The molecule has 140 heavy (non-hydrogen) atoms. The zero-order valence-electron chi connectivity index (χ0n) is 84.0. The summed E-state index contributed by atoms with van der Waals surface area (Å²) in [6, 6.07) is 40.9. The Morgan fingerprint density at radius 1 is 0.486 bits per heavy atom. The molecule has 0 bridgehead atoms. The van der Waals surface area contributed by atoms with Crippen molar-refractivity contribution >= 4 is 88.0 Å². The number of hydrogen-bond donors (Lipinski definition) is 4. The van der Waals surface area contributed by atoms with Gasteiger partial charge in [-0.25, -0.2) is 9.59 Å². The topological polar surface area (TPSA) is 352 Å². The number of nitrogens with one attached hydrogen (secondary N) is 1. The monoisotopic (exact) mass is 1960 g/mol. The molecule has 0 radical (unpaired) electrons. The summed E-state index contributed by atoms with van der Waals surface area (Å²) in [5.74, 6) is 1.79. The lowest BCUT2D eigenvalue weighted by molar-refractivity contribution is -0.0512. The number of phenols is 1. The van der Waals surface area contributed by atoms with E-state index in [2.05, 4.69) is 26.6 Å². The van der Waals surface area contributed by atoms with E-state index in [-0.39, 0.29) is 109 Å². The van der Waals surface area contributed by atoms with Gasteiger partial charge in [0.2, 0.25) is 0 Å². The number of phenolic OH excluding ortho intramolecular Hbond substituents is 1. The molecular formula is C103H135B2F3N8O23S. The van der Waals surface area contributed by atoms with Gasteiger partial charge in [-0.2, -0.15) is 21.6 Å². The number of rotatable bonds is 24. The number of halogens is 3. The van der Waals surface area contributed by atoms with Gasteiger partial charge in [0.25, 0.3) is 23.6 Å². The Labute approximate surface area is 820 Å². The number of nitrogens with zero attached hydrogens (tertiary/aromatic N) is 7. The molecule has 758 valence electrons. The zero-order chi connectivity index (χ0) is 103. The molecule has 37 heteroatoms. The Bertz CT molecular complexity index is 5600. The number of piperidine rings is 3. The molecule has 4 saturated heterocycles. The number of ether oxygens (including phenoxy) is 9. The molecule has 0 atom stereocenters. The number of alkyl halides is 3. The van der Waals surface area contributed by atoms with Gasteiger partial charge < -0.3 is 106 Å². The van der Waals surface area contributed by atoms with Crippen molar-refractivity contribution in [1.29, 1.82) is 0 Å². The fourth-order valence-corrected chi connectivity index (χ4v) is 17.1. The van der Waals surface area contributed by atoms with E-state index >= 15 is 0 Å². The van der Waals surface area contributed by atoms with Crippen LogP contribution in [0.1, 0.15) is 233 Å². The summed E-state index contributed by atoms with van der Waals surface area (Å²) in [6.07, 6.45) is 9.67. The van der Waals surface area contributed by atoms with Gasteiger partial charge in [-0.05, 0) is 256 Å². The Balaban J connectivity index is 0.000000185. The van der Waals surface area contributed by atoms with Crippen LogP contribution in [-0.4, -0.2) is 272 Å². The molecule has 0 saturated carbocycles. The highest BCUT2D eigenvalue weighted by atomic mass is 32.2. The smallest absolute Gasteiger partial charge is 0.507 e. The van der Waals surface area contributed by atoms with E-state index in [0.29, 0.717) is 118 Å². The van der Waals surface area contributed by atoms with Gasteiger partial charge in [0.05, 0.1) is 22.3 Å². The molecule has 4 fully saturated rings. The Kier molecular flexibility index (Phi) is 37.2. The fraction of sp³-hybridized carbons (Fsp3) is 0.485. The number of aromatic hydroxyl groups is 1. The van der Waals surface area contributed by atoms with Crippen LogP contribution in [0.5, 0.6) is 34.5 Å². The number of carbonyl (C=O) groups excluding carboxylic acids is 6. The van der Waals surface area contributed by atoms with Crippen LogP contribution in [0.25, 0.3) is 16.9 Å². The highest BCUT2D eigenvalue weighted by Crippen LogP contribution is 2.51. The first-order valence-electron chi connectivity index (χ1n) is 47.5. The predicted molar refractivity (Wildman–Crippen MR) is 529 cm³/mol. The lowest BCUT2D eigenvalue weighted by atomic mass is 9.80. The van der Waals surface area contributed by atoms with Crippen LogP contribution in [0.2, 0.25) is 0 Å². The van der Waals surface area contributed by atoms with Crippen molar-refractivity contribution in [3.63, 3.8) is 0 Å². The SMILES string of the molecule is CCN(CC)C(=O)c1ccc(B(O)O)cc1.CCN(CC)C(=O)c1ccc(B2OC(C)(C)C(C)(C)O2)cn1.CCN(CC)C(=O)c1ccc(C2=CC3(CCN(C(=O)OC(C)(C)C)CC3)Oc3cccc(OCOC)c32)cc1.CCN(CC)C(=O)c1ccc(C2=CC3(CCNCC3)Oc3cccc(O)c32)cc1.COCOc1cccc2c1C(OS(=O)(=O)C(F)(F)F)=CC1(CCN(C(=O)OC(C)(C)C)CC1)O2. The van der Waals surface area contributed by atoms with E-state index in [1.165, 1.54) is 36.3 Å². The van der Waals surface area contributed by atoms with E-state index in [0.717, 1.165) is 70.5 Å². The van der Waals surface area contributed by atoms with Gasteiger partial charge >= 0.3 is 42.0 Å².